The van der Waals surface area contributed by atoms with E-state index < -0.39 is 5.41 Å². The highest BCUT2D eigenvalue weighted by atomic mass is 16.5. The van der Waals surface area contributed by atoms with Crippen molar-refractivity contribution in [3.8, 4) is 5.75 Å². The highest BCUT2D eigenvalue weighted by molar-refractivity contribution is 5.92. The summed E-state index contributed by atoms with van der Waals surface area (Å²) in [6.07, 6.45) is 13.6. The van der Waals surface area contributed by atoms with Crippen LogP contribution in [0.1, 0.15) is 68.9 Å². The van der Waals surface area contributed by atoms with Gasteiger partial charge in [0, 0.05) is 37.6 Å². The van der Waals surface area contributed by atoms with E-state index in [2.05, 4.69) is 21.3 Å². The lowest BCUT2D eigenvalue weighted by molar-refractivity contribution is -0.123. The predicted octanol–water partition coefficient (Wildman–Crippen LogP) is 1.68. The fourth-order valence-electron chi connectivity index (χ4n) is 5.41. The summed E-state index contributed by atoms with van der Waals surface area (Å²) in [5, 5.41) is 12.6. The number of nitrogens with one attached hydrogen (secondary N) is 4. The molecule has 232 valence electrons. The Morgan fingerprint density at radius 1 is 0.857 bits per heavy atom. The summed E-state index contributed by atoms with van der Waals surface area (Å²) in [7, 11) is 0. The smallest absolute Gasteiger partial charge is 0.243 e. The van der Waals surface area contributed by atoms with Crippen LogP contribution >= 0.6 is 0 Å². The lowest BCUT2D eigenvalue weighted by Gasteiger charge is -2.35. The van der Waals surface area contributed by atoms with Crippen LogP contribution in [0, 0.1) is 0 Å². The van der Waals surface area contributed by atoms with Gasteiger partial charge in [-0.3, -0.25) is 14.4 Å². The molecule has 1 aromatic carbocycles. The minimum Gasteiger partial charge on any atom is -0.488 e. The van der Waals surface area contributed by atoms with E-state index in [4.69, 9.17) is 16.2 Å². The lowest BCUT2D eigenvalue weighted by Crippen LogP contribution is -2.42. The number of hydrogen-bond donors (Lipinski definition) is 6. The third-order valence-corrected chi connectivity index (χ3v) is 7.81. The maximum absolute atomic E-state index is 12.6. The Kier molecular flexibility index (Phi) is 14.7. The fraction of sp³-hybridized carbons (Fsp3) is 0.594. The van der Waals surface area contributed by atoms with Crippen molar-refractivity contribution in [1.82, 2.24) is 21.3 Å². The number of carbonyl (C=O) groups excluding carboxylic acids is 3. The number of fused-ring (bicyclic) bond motifs is 3. The number of nitrogens with two attached hydrogens (primary N) is 2. The normalized spacial score (nSPS) is 19.6. The molecule has 0 radical (unpaired) electrons. The Labute approximate surface area is 250 Å². The monoisotopic (exact) mass is 582 g/mol. The molecular weight excluding hydrogens is 532 g/mol. The van der Waals surface area contributed by atoms with Gasteiger partial charge >= 0.3 is 0 Å². The largest absolute Gasteiger partial charge is 0.488 e. The molecular formula is C32H50N6O4. The number of benzene rings is 1. The number of ketones is 1. The average Bonchev–Trinajstić information content (AvgIpc) is 3.30. The highest BCUT2D eigenvalue weighted by Gasteiger charge is 2.50. The molecule has 1 aromatic rings. The molecule has 8 N–H and O–H groups in total. The van der Waals surface area contributed by atoms with E-state index in [1.807, 2.05) is 24.3 Å². The van der Waals surface area contributed by atoms with Crippen LogP contribution in [0.5, 0.6) is 5.75 Å². The Morgan fingerprint density at radius 3 is 2.12 bits per heavy atom. The van der Waals surface area contributed by atoms with Crippen molar-refractivity contribution < 1.29 is 19.1 Å². The summed E-state index contributed by atoms with van der Waals surface area (Å²) in [6, 6.07) is 5.81. The van der Waals surface area contributed by atoms with Gasteiger partial charge < -0.3 is 37.5 Å². The second-order valence-electron chi connectivity index (χ2n) is 11.1. The molecule has 1 saturated carbocycles. The molecule has 1 heterocycles. The second kappa shape index (κ2) is 18.5. The fourth-order valence-corrected chi connectivity index (χ4v) is 5.41. The summed E-state index contributed by atoms with van der Waals surface area (Å²) >= 11 is 0. The van der Waals surface area contributed by atoms with E-state index >= 15 is 0 Å². The molecule has 0 bridgehead atoms. The Morgan fingerprint density at radius 2 is 1.48 bits per heavy atom. The SMILES string of the molecule is NCCCCNCCCNC(=O)/C=C/c1ccc2c(c1)[C@]1(/C=C/C(=O)NCCCNCCCCN)CCC(=O)C[C@@H]1O2. The van der Waals surface area contributed by atoms with E-state index in [1.165, 1.54) is 6.08 Å². The standard InChI is InChI=1S/C32H50N6O4/c33-15-1-3-17-35-19-5-21-37-30(40)10-8-25-7-9-28-27(23-25)32(13-11-26(39)24-29(32)42-28)14-12-31(41)38-22-6-20-36-18-4-2-16-34/h7-10,12,14,23,29,35-36H,1-6,11,13,15-22,24,33-34H2,(H,37,40)(H,38,41)/b10-8+,14-12+/t29-,32+/m0/s1. The first kappa shape index (κ1) is 33.5. The molecule has 2 aliphatic rings. The van der Waals surface area contributed by atoms with Crippen molar-refractivity contribution in [1.29, 1.82) is 0 Å². The zero-order valence-electron chi connectivity index (χ0n) is 24.9. The number of Topliss-reactive ketones (excluding diaryl/α,β-unsaturated/α-hetero) is 1. The molecule has 0 saturated heterocycles. The molecule has 10 nitrogen and oxygen atoms in total. The highest BCUT2D eigenvalue weighted by Crippen LogP contribution is 2.51. The van der Waals surface area contributed by atoms with Gasteiger partial charge in [-0.25, -0.2) is 0 Å². The van der Waals surface area contributed by atoms with Crippen LogP contribution in [0.4, 0.5) is 0 Å². The van der Waals surface area contributed by atoms with Gasteiger partial charge in [-0.05, 0) is 114 Å². The maximum Gasteiger partial charge on any atom is 0.243 e. The third-order valence-electron chi connectivity index (χ3n) is 7.81. The molecule has 42 heavy (non-hydrogen) atoms. The molecule has 1 aliphatic heterocycles. The molecule has 1 aliphatic carbocycles. The number of ether oxygens (including phenoxy) is 1. The summed E-state index contributed by atoms with van der Waals surface area (Å²) in [4.78, 5) is 37.3. The Hall–Kier alpha value is -3.05. The Bertz CT molecular complexity index is 1080. The van der Waals surface area contributed by atoms with Gasteiger partial charge in [-0.2, -0.15) is 0 Å². The maximum atomic E-state index is 12.6. The van der Waals surface area contributed by atoms with Gasteiger partial charge in [0.1, 0.15) is 17.6 Å². The first-order valence-electron chi connectivity index (χ1n) is 15.6. The molecule has 2 amide bonds. The molecule has 10 heteroatoms. The lowest BCUT2D eigenvalue weighted by atomic mass is 9.68. The van der Waals surface area contributed by atoms with Gasteiger partial charge in [-0.15, -0.1) is 0 Å². The summed E-state index contributed by atoms with van der Waals surface area (Å²) in [5.41, 5.74) is 12.3. The summed E-state index contributed by atoms with van der Waals surface area (Å²) in [5.74, 6) is 0.590. The van der Waals surface area contributed by atoms with Gasteiger partial charge in [0.25, 0.3) is 0 Å². The first-order valence-corrected chi connectivity index (χ1v) is 15.6. The van der Waals surface area contributed by atoms with Crippen molar-refractivity contribution in [2.75, 3.05) is 52.4 Å². The minimum absolute atomic E-state index is 0.145. The molecule has 0 aromatic heterocycles. The van der Waals surface area contributed by atoms with Crippen molar-refractivity contribution in [3.63, 3.8) is 0 Å². The predicted molar refractivity (Wildman–Crippen MR) is 167 cm³/mol. The third kappa shape index (κ3) is 10.7. The van der Waals surface area contributed by atoms with Crippen molar-refractivity contribution in [2.24, 2.45) is 11.5 Å². The number of carbonyl (C=O) groups is 3. The minimum atomic E-state index is -0.561. The molecule has 0 unspecified atom stereocenters. The van der Waals surface area contributed by atoms with Crippen molar-refractivity contribution >= 4 is 23.7 Å². The summed E-state index contributed by atoms with van der Waals surface area (Å²) in [6.45, 7) is 6.17. The molecule has 0 spiro atoms. The molecule has 1 fully saturated rings. The van der Waals surface area contributed by atoms with Crippen LogP contribution in [0.3, 0.4) is 0 Å². The van der Waals surface area contributed by atoms with Gasteiger partial charge in [-0.1, -0.05) is 12.1 Å². The van der Waals surface area contributed by atoms with Crippen molar-refractivity contribution in [3.05, 3.63) is 47.6 Å². The van der Waals surface area contributed by atoms with E-state index in [1.54, 1.807) is 12.2 Å². The van der Waals surface area contributed by atoms with Gasteiger partial charge in [0.05, 0.1) is 5.41 Å². The van der Waals surface area contributed by atoms with E-state index in [-0.39, 0.29) is 23.7 Å². The second-order valence-corrected chi connectivity index (χ2v) is 11.1. The average molecular weight is 583 g/mol. The van der Waals surface area contributed by atoms with E-state index in [9.17, 15) is 14.4 Å². The van der Waals surface area contributed by atoms with Crippen LogP contribution in [0.2, 0.25) is 0 Å². The first-order chi connectivity index (χ1) is 20.5. The summed E-state index contributed by atoms with van der Waals surface area (Å²) < 4.78 is 6.22. The number of amides is 2. The number of rotatable bonds is 20. The zero-order chi connectivity index (χ0) is 30.0. The van der Waals surface area contributed by atoms with Gasteiger partial charge in [0.15, 0.2) is 0 Å². The number of hydrogen-bond acceptors (Lipinski definition) is 8. The number of unbranched alkanes of at least 4 members (excludes halogenated alkanes) is 2. The topological polar surface area (TPSA) is 161 Å². The quantitative estimate of drug-likeness (QED) is 0.100. The van der Waals surface area contributed by atoms with Gasteiger partial charge in [0.2, 0.25) is 11.8 Å². The van der Waals surface area contributed by atoms with Crippen LogP contribution < -0.4 is 37.5 Å². The molecule has 2 atom stereocenters. The van der Waals surface area contributed by atoms with Crippen LogP contribution in [0.15, 0.2) is 36.4 Å². The van der Waals surface area contributed by atoms with E-state index in [0.29, 0.717) is 45.4 Å². The zero-order valence-corrected chi connectivity index (χ0v) is 24.9. The van der Waals surface area contributed by atoms with Crippen molar-refractivity contribution in [2.45, 2.75) is 69.3 Å². The van der Waals surface area contributed by atoms with Crippen LogP contribution in [-0.4, -0.2) is 76.1 Å². The molecule has 3 rings (SSSR count). The van der Waals surface area contributed by atoms with Crippen LogP contribution in [0.25, 0.3) is 6.08 Å². The Balaban J connectivity index is 1.54. The van der Waals surface area contributed by atoms with Crippen LogP contribution in [-0.2, 0) is 19.8 Å². The van der Waals surface area contributed by atoms with E-state index in [0.717, 1.165) is 81.6 Å².